The molecule has 2 fully saturated rings. The summed E-state index contributed by atoms with van der Waals surface area (Å²) in [5.41, 5.74) is 16.6. The summed E-state index contributed by atoms with van der Waals surface area (Å²) in [5, 5.41) is 22.6. The van der Waals surface area contributed by atoms with Crippen molar-refractivity contribution in [1.29, 1.82) is 0 Å². The number of likely N-dealkylation sites (tertiary alicyclic amines) is 1. The fourth-order valence-electron chi connectivity index (χ4n) is 7.94. The van der Waals surface area contributed by atoms with Crippen LogP contribution >= 0.6 is 34.7 Å². The van der Waals surface area contributed by atoms with Crippen molar-refractivity contribution in [2.45, 2.75) is 126 Å². The van der Waals surface area contributed by atoms with E-state index < -0.39 is 47.7 Å². The lowest BCUT2D eigenvalue weighted by Gasteiger charge is -2.37. The van der Waals surface area contributed by atoms with E-state index in [0.29, 0.717) is 34.3 Å². The van der Waals surface area contributed by atoms with Crippen LogP contribution < -0.4 is 37.6 Å². The van der Waals surface area contributed by atoms with Crippen LogP contribution in [0.3, 0.4) is 0 Å². The number of nitrogens with two attached hydrogens (primary N) is 2. The molecule has 17 nitrogen and oxygen atoms in total. The number of aliphatic hydroxyl groups excluding tert-OH is 1. The first-order valence-electron chi connectivity index (χ1n) is 22.5. The largest absolute Gasteiger partial charge is 0.391 e. The van der Waals surface area contributed by atoms with Crippen molar-refractivity contribution in [3.8, 4) is 10.4 Å². The van der Waals surface area contributed by atoms with Gasteiger partial charge in [-0.25, -0.2) is 15.0 Å². The molecular weight excluding hydrogens is 914 g/mol. The summed E-state index contributed by atoms with van der Waals surface area (Å²) < 4.78 is 0. The minimum Gasteiger partial charge on any atom is -0.391 e. The summed E-state index contributed by atoms with van der Waals surface area (Å²) in [5.74, 6) is -1.35. The molecule has 4 atom stereocenters. The second kappa shape index (κ2) is 22.2. The number of aliphatic hydroxyl groups is 1. The summed E-state index contributed by atoms with van der Waals surface area (Å²) in [6.07, 6.45) is 2.96. The van der Waals surface area contributed by atoms with Gasteiger partial charge in [0.1, 0.15) is 29.3 Å². The molecule has 2 saturated heterocycles. The molecular formula is C47H62ClN11O6S2. The van der Waals surface area contributed by atoms with Gasteiger partial charge in [-0.15, -0.1) is 11.3 Å². The number of nitrogens with zero attached hydrogens (tertiary/aromatic N) is 5. The van der Waals surface area contributed by atoms with E-state index in [1.807, 2.05) is 65.8 Å². The van der Waals surface area contributed by atoms with Gasteiger partial charge in [0.15, 0.2) is 5.82 Å². The van der Waals surface area contributed by atoms with Gasteiger partial charge >= 0.3 is 0 Å². The molecule has 20 heteroatoms. The van der Waals surface area contributed by atoms with Gasteiger partial charge < -0.3 is 47.6 Å². The van der Waals surface area contributed by atoms with Gasteiger partial charge in [-0.1, -0.05) is 74.5 Å². The second-order valence-electron chi connectivity index (χ2n) is 18.7. The average Bonchev–Trinajstić information content (AvgIpc) is 3.89. The number of hydrogen-bond donors (Lipinski definition) is 7. The third-order valence-corrected chi connectivity index (χ3v) is 14.5. The van der Waals surface area contributed by atoms with Crippen molar-refractivity contribution < 1.29 is 29.1 Å². The highest BCUT2D eigenvalue weighted by Gasteiger charge is 2.44. The van der Waals surface area contributed by atoms with E-state index in [1.54, 1.807) is 41.2 Å². The predicted octanol–water partition coefficient (Wildman–Crippen LogP) is 5.60. The first-order valence-corrected chi connectivity index (χ1v) is 24.5. The van der Waals surface area contributed by atoms with Crippen LogP contribution in [-0.4, -0.2) is 104 Å². The first kappa shape index (κ1) is 51.1. The van der Waals surface area contributed by atoms with Gasteiger partial charge in [-0.2, -0.15) is 0 Å². The molecule has 9 N–H and O–H groups in total. The van der Waals surface area contributed by atoms with Crippen LogP contribution in [0.1, 0.15) is 96.9 Å². The summed E-state index contributed by atoms with van der Waals surface area (Å²) in [6.45, 7) is 13.0. The predicted molar refractivity (Wildman–Crippen MR) is 263 cm³/mol. The fraction of sp³-hybridized carbons (Fsp3) is 0.489. The number of benzene rings is 2. The van der Waals surface area contributed by atoms with Crippen molar-refractivity contribution in [3.63, 3.8) is 0 Å². The summed E-state index contributed by atoms with van der Waals surface area (Å²) in [4.78, 5) is 85.0. The Bertz CT molecular complexity index is 2420. The highest BCUT2D eigenvalue weighted by atomic mass is 35.5. The summed E-state index contributed by atoms with van der Waals surface area (Å²) in [7, 11) is 0. The van der Waals surface area contributed by atoms with E-state index in [4.69, 9.17) is 23.1 Å². The maximum atomic E-state index is 14.1. The third kappa shape index (κ3) is 13.6. The number of carbonyl (C=O) groups excluding carboxylic acids is 5. The Morgan fingerprint density at radius 2 is 1.73 bits per heavy atom. The molecule has 0 spiro atoms. The summed E-state index contributed by atoms with van der Waals surface area (Å²) >= 11 is 9.45. The average molecular weight is 977 g/mol. The monoisotopic (exact) mass is 975 g/mol. The number of unbranched alkanes of at least 4 members (excludes halogenated alkanes) is 1. The third-order valence-electron chi connectivity index (χ3n) is 12.0. The number of halogens is 1. The number of nitrogen functional groups attached to an aromatic ring is 1. The molecule has 5 amide bonds. The van der Waals surface area contributed by atoms with E-state index in [-0.39, 0.29) is 60.2 Å². The Kier molecular flexibility index (Phi) is 16.9. The zero-order chi connectivity index (χ0) is 48.6. The van der Waals surface area contributed by atoms with E-state index in [1.165, 1.54) is 16.7 Å². The Labute approximate surface area is 405 Å². The number of β-amino-alcohol motifs (C(OH)–C–C–N with tert-alkyl or cyclic N) is 1. The van der Waals surface area contributed by atoms with Crippen molar-refractivity contribution in [3.05, 3.63) is 70.5 Å². The van der Waals surface area contributed by atoms with Crippen LogP contribution in [0.5, 0.6) is 0 Å². The van der Waals surface area contributed by atoms with Crippen molar-refractivity contribution >= 4 is 81.6 Å². The number of rotatable bonds is 17. The maximum absolute atomic E-state index is 14.1. The lowest BCUT2D eigenvalue weighted by molar-refractivity contribution is -0.144. The minimum absolute atomic E-state index is 0.0391. The molecule has 4 aromatic rings. The number of thiazole rings is 1. The SMILES string of the molecule is Cc1ncsc1-c1ccc([C@H](C)NC(=O)[C@@H]2C[C@@H](O)CN2C(=O)[C@@H](NC(=O)CCCCNC(=O)CC(=O)Nc2cccc(Sc3ncc(N4CCC(C)(N)CC4)nc3N)c2Cl)C(C)(C)C)cc1. The van der Waals surface area contributed by atoms with Gasteiger partial charge in [-0.3, -0.25) is 24.0 Å². The molecule has 0 radical (unpaired) electrons. The molecule has 2 aromatic carbocycles. The Morgan fingerprint density at radius 1 is 1.01 bits per heavy atom. The smallest absolute Gasteiger partial charge is 0.246 e. The van der Waals surface area contributed by atoms with Gasteiger partial charge in [0, 0.05) is 49.5 Å². The van der Waals surface area contributed by atoms with Crippen molar-refractivity contribution in [2.24, 2.45) is 11.1 Å². The van der Waals surface area contributed by atoms with Crippen LogP contribution in [0.4, 0.5) is 17.3 Å². The molecule has 0 unspecified atom stereocenters. The first-order chi connectivity index (χ1) is 31.7. The number of aromatic nitrogens is 3. The molecule has 67 heavy (non-hydrogen) atoms. The van der Waals surface area contributed by atoms with E-state index in [0.717, 1.165) is 47.6 Å². The number of nitrogens with one attached hydrogen (secondary N) is 4. The van der Waals surface area contributed by atoms with Crippen LogP contribution in [0.15, 0.2) is 64.1 Å². The van der Waals surface area contributed by atoms with Gasteiger partial charge in [0.25, 0.3) is 0 Å². The number of hydrogen-bond acceptors (Lipinski definition) is 14. The number of amides is 5. The van der Waals surface area contributed by atoms with Crippen LogP contribution in [0.2, 0.25) is 5.02 Å². The number of carbonyl (C=O) groups is 5. The molecule has 360 valence electrons. The van der Waals surface area contributed by atoms with Crippen LogP contribution in [0, 0.1) is 12.3 Å². The Morgan fingerprint density at radius 3 is 2.39 bits per heavy atom. The van der Waals surface area contributed by atoms with Gasteiger partial charge in [0.2, 0.25) is 29.5 Å². The molecule has 6 rings (SSSR count). The number of aryl methyl sites for hydroxylation is 1. The lowest BCUT2D eigenvalue weighted by atomic mass is 9.85. The van der Waals surface area contributed by atoms with Crippen molar-refractivity contribution in [1.82, 2.24) is 35.8 Å². The van der Waals surface area contributed by atoms with E-state index >= 15 is 0 Å². The minimum atomic E-state index is -0.973. The van der Waals surface area contributed by atoms with Gasteiger partial charge in [0.05, 0.1) is 45.1 Å². The normalized spacial score (nSPS) is 17.9. The van der Waals surface area contributed by atoms with E-state index in [2.05, 4.69) is 41.1 Å². The molecule has 0 saturated carbocycles. The van der Waals surface area contributed by atoms with Gasteiger partial charge in [-0.05, 0) is 75.1 Å². The fourth-order valence-corrected chi connectivity index (χ4v) is 9.85. The second-order valence-corrected chi connectivity index (χ2v) is 21.0. The molecule has 2 aliphatic rings. The molecule has 0 aliphatic carbocycles. The number of piperidine rings is 1. The quantitative estimate of drug-likeness (QED) is 0.0504. The standard InChI is InChI=1S/C47H62ClN11O6S2/c1-27(29-13-15-30(16-14-29)40-28(2)53-26-66-40)54-43(64)33-22-31(60)25-59(33)45(65)41(46(3,4)5)57-36(61)12-7-8-19-51-37(62)23-38(63)55-32-10-9-11-34(39(32)48)67-44-42(49)56-35(24-52-44)58-20-17-47(6,50)18-21-58/h9-11,13-16,24,26-27,31,33,41,60H,7-8,12,17-23,25,50H2,1-6H3,(H2,49,56)(H,51,62)(H,54,64)(H,55,63)(H,57,61)/t27-,31+,33-,41+/m0/s1. The number of anilines is 3. The Balaban J connectivity index is 0.926. The van der Waals surface area contributed by atoms with Crippen LogP contribution in [-0.2, 0) is 24.0 Å². The molecule has 4 heterocycles. The molecule has 2 aliphatic heterocycles. The zero-order valence-electron chi connectivity index (χ0n) is 38.9. The Hall–Kier alpha value is -5.34. The molecule has 0 bridgehead atoms. The van der Waals surface area contributed by atoms with Crippen LogP contribution in [0.25, 0.3) is 10.4 Å². The highest BCUT2D eigenvalue weighted by Crippen LogP contribution is 2.39. The summed E-state index contributed by atoms with van der Waals surface area (Å²) in [6, 6.07) is 10.7. The maximum Gasteiger partial charge on any atom is 0.246 e. The highest BCUT2D eigenvalue weighted by molar-refractivity contribution is 7.99. The zero-order valence-corrected chi connectivity index (χ0v) is 41.2. The molecule has 2 aromatic heterocycles. The lowest BCUT2D eigenvalue weighted by Crippen LogP contribution is -2.57. The topological polar surface area (TPSA) is 251 Å². The van der Waals surface area contributed by atoms with E-state index in [9.17, 15) is 29.1 Å². The van der Waals surface area contributed by atoms with Crippen molar-refractivity contribution in [2.75, 3.05) is 42.1 Å².